The maximum absolute atomic E-state index is 11.9. The molecule has 142 valence electrons. The molecule has 0 spiro atoms. The summed E-state index contributed by atoms with van der Waals surface area (Å²) in [4.78, 5) is 37.8. The Hall–Kier alpha value is -1.93. The summed E-state index contributed by atoms with van der Waals surface area (Å²) in [7, 11) is 0. The van der Waals surface area contributed by atoms with Crippen LogP contribution in [0.25, 0.3) is 0 Å². The van der Waals surface area contributed by atoms with Gasteiger partial charge in [0.25, 0.3) is 0 Å². The van der Waals surface area contributed by atoms with Crippen molar-refractivity contribution in [2.24, 2.45) is 5.92 Å². The lowest BCUT2D eigenvalue weighted by Crippen LogP contribution is -2.41. The molecule has 3 heterocycles. The van der Waals surface area contributed by atoms with E-state index in [1.54, 1.807) is 0 Å². The first-order valence-corrected chi connectivity index (χ1v) is 9.79. The number of nitrogens with one attached hydrogen (secondary N) is 1. The summed E-state index contributed by atoms with van der Waals surface area (Å²) in [5.74, 6) is -3.25. The molecule has 3 unspecified atom stereocenters. The van der Waals surface area contributed by atoms with Crippen molar-refractivity contribution in [1.29, 1.82) is 0 Å². The largest absolute Gasteiger partial charge is 0.478 e. The second-order valence-corrected chi connectivity index (χ2v) is 8.52. The van der Waals surface area contributed by atoms with Crippen molar-refractivity contribution in [2.45, 2.75) is 51.5 Å². The second-order valence-electron chi connectivity index (χ2n) is 7.47. The Morgan fingerprint density at radius 3 is 2.65 bits per heavy atom. The maximum atomic E-state index is 11.9. The minimum Gasteiger partial charge on any atom is -0.478 e. The molecule has 26 heavy (non-hydrogen) atoms. The molecule has 0 aromatic carbocycles. The molecule has 1 fully saturated rings. The molecule has 7 nitrogen and oxygen atoms in total. The molecule has 0 saturated carbocycles. The predicted molar refractivity (Wildman–Crippen MR) is 97.9 cm³/mol. The van der Waals surface area contributed by atoms with Crippen molar-refractivity contribution in [1.82, 2.24) is 4.90 Å². The number of aliphatic carboxylic acids is 1. The van der Waals surface area contributed by atoms with Crippen LogP contribution in [0.4, 0.5) is 5.00 Å². The number of hydrogen-bond acceptors (Lipinski definition) is 5. The van der Waals surface area contributed by atoms with Crippen molar-refractivity contribution in [3.05, 3.63) is 16.0 Å². The van der Waals surface area contributed by atoms with E-state index in [2.05, 4.69) is 24.1 Å². The summed E-state index contributed by atoms with van der Waals surface area (Å²) in [6.45, 7) is 6.16. The molecule has 2 aliphatic heterocycles. The van der Waals surface area contributed by atoms with E-state index in [9.17, 15) is 19.5 Å². The van der Waals surface area contributed by atoms with Gasteiger partial charge in [0, 0.05) is 17.5 Å². The zero-order valence-corrected chi connectivity index (χ0v) is 15.8. The minimum absolute atomic E-state index is 0.0840. The number of nitrogens with zero attached hydrogens (tertiary/aromatic N) is 1. The maximum Gasteiger partial charge on any atom is 0.394 e. The van der Waals surface area contributed by atoms with Crippen molar-refractivity contribution >= 4 is 34.2 Å². The minimum atomic E-state index is -1.62. The molecule has 3 N–H and O–H groups in total. The van der Waals surface area contributed by atoms with Crippen LogP contribution in [0.1, 0.15) is 72.3 Å². The molecule has 2 bridgehead atoms. The average molecular weight is 380 g/mol. The van der Waals surface area contributed by atoms with Crippen LogP contribution in [0, 0.1) is 5.92 Å². The third-order valence-electron chi connectivity index (χ3n) is 5.23. The lowest BCUT2D eigenvalue weighted by atomic mass is 9.81. The lowest BCUT2D eigenvalue weighted by molar-refractivity contribution is -0.147. The van der Waals surface area contributed by atoms with Gasteiger partial charge in [0.15, 0.2) is 0 Å². The monoisotopic (exact) mass is 380 g/mol. The number of hydrogen-bond donors (Lipinski definition) is 3. The summed E-state index contributed by atoms with van der Waals surface area (Å²) in [5.41, 5.74) is 0.897. The quantitative estimate of drug-likeness (QED) is 0.678. The van der Waals surface area contributed by atoms with Crippen molar-refractivity contribution < 1.29 is 24.6 Å². The first-order chi connectivity index (χ1) is 12.3. The van der Waals surface area contributed by atoms with Gasteiger partial charge in [-0.3, -0.25) is 9.69 Å². The number of carboxylic acids is 2. The van der Waals surface area contributed by atoms with Crippen LogP contribution in [0.15, 0.2) is 0 Å². The molecule has 1 aromatic heterocycles. The number of thiophene rings is 1. The van der Waals surface area contributed by atoms with E-state index in [-0.39, 0.29) is 22.5 Å². The highest BCUT2D eigenvalue weighted by Crippen LogP contribution is 2.51. The van der Waals surface area contributed by atoms with Crippen LogP contribution in [0.3, 0.4) is 0 Å². The van der Waals surface area contributed by atoms with Gasteiger partial charge in [0.2, 0.25) is 0 Å². The van der Waals surface area contributed by atoms with Gasteiger partial charge >= 0.3 is 17.8 Å². The van der Waals surface area contributed by atoms with E-state index in [1.165, 1.54) is 11.3 Å². The number of carbonyl (C=O) groups is 3. The highest BCUT2D eigenvalue weighted by molar-refractivity contribution is 7.17. The molecule has 1 saturated heterocycles. The molecular formula is C18H24N2O5S. The van der Waals surface area contributed by atoms with Gasteiger partial charge in [-0.15, -0.1) is 11.3 Å². The SMILES string of the molecule is CC(C)CCC1c2sc(NC(=O)C(=O)O)c(C(=O)O)c2C2CCCN1C2. The smallest absolute Gasteiger partial charge is 0.394 e. The number of carboxylic acid groups (broad SMARTS) is 2. The van der Waals surface area contributed by atoms with Gasteiger partial charge in [0.1, 0.15) is 5.00 Å². The van der Waals surface area contributed by atoms with E-state index < -0.39 is 17.8 Å². The number of anilines is 1. The average Bonchev–Trinajstić information content (AvgIpc) is 2.94. The van der Waals surface area contributed by atoms with Crippen LogP contribution in [-0.2, 0) is 9.59 Å². The van der Waals surface area contributed by atoms with E-state index in [0.717, 1.165) is 49.2 Å². The molecule has 3 rings (SSSR count). The topological polar surface area (TPSA) is 107 Å². The molecular weight excluding hydrogens is 356 g/mol. The van der Waals surface area contributed by atoms with Crippen LogP contribution in [0.2, 0.25) is 0 Å². The van der Waals surface area contributed by atoms with Gasteiger partial charge in [-0.25, -0.2) is 9.59 Å². The Morgan fingerprint density at radius 2 is 2.04 bits per heavy atom. The molecule has 1 aromatic rings. The highest BCUT2D eigenvalue weighted by atomic mass is 32.1. The Balaban J connectivity index is 2.05. The summed E-state index contributed by atoms with van der Waals surface area (Å²) in [6.07, 6.45) is 3.91. The van der Waals surface area contributed by atoms with Crippen molar-refractivity contribution in [3.63, 3.8) is 0 Å². The lowest BCUT2D eigenvalue weighted by Gasteiger charge is -2.43. The van der Waals surface area contributed by atoms with Crippen LogP contribution >= 0.6 is 11.3 Å². The zero-order chi connectivity index (χ0) is 19.0. The third kappa shape index (κ3) is 3.48. The fourth-order valence-corrected chi connectivity index (χ4v) is 5.51. The van der Waals surface area contributed by atoms with Crippen LogP contribution < -0.4 is 5.32 Å². The Labute approximate surface area is 156 Å². The number of piperidine rings is 1. The van der Waals surface area contributed by atoms with E-state index in [4.69, 9.17) is 5.11 Å². The van der Waals surface area contributed by atoms with Crippen LogP contribution in [0.5, 0.6) is 0 Å². The second kappa shape index (κ2) is 7.36. The van der Waals surface area contributed by atoms with Gasteiger partial charge in [0.05, 0.1) is 5.56 Å². The van der Waals surface area contributed by atoms with E-state index in [0.29, 0.717) is 5.92 Å². The fraction of sp³-hybridized carbons (Fsp3) is 0.611. The first kappa shape index (κ1) is 18.8. The zero-order valence-electron chi connectivity index (χ0n) is 14.9. The molecule has 2 aliphatic rings. The fourth-order valence-electron chi connectivity index (χ4n) is 4.07. The standard InChI is InChI=1S/C18H24N2O5S/c1-9(2)5-6-11-14-12(10-4-3-7-20(11)8-10)13(17(22)23)16(26-14)19-15(21)18(24)25/h9-11H,3-8H2,1-2H3,(H,19,21)(H,22,23)(H,24,25). The molecule has 3 atom stereocenters. The molecule has 0 aliphatic carbocycles. The highest BCUT2D eigenvalue weighted by Gasteiger charge is 2.41. The van der Waals surface area contributed by atoms with Gasteiger partial charge in [-0.05, 0) is 49.6 Å². The van der Waals surface area contributed by atoms with Gasteiger partial charge < -0.3 is 15.5 Å². The first-order valence-electron chi connectivity index (χ1n) is 8.97. The third-order valence-corrected chi connectivity index (χ3v) is 6.45. The number of fused-ring (bicyclic) bond motifs is 4. The number of carbonyl (C=O) groups excluding carboxylic acids is 1. The molecule has 0 radical (unpaired) electrons. The summed E-state index contributed by atoms with van der Waals surface area (Å²) in [6, 6.07) is 0.141. The van der Waals surface area contributed by atoms with Crippen molar-refractivity contribution in [3.8, 4) is 0 Å². The summed E-state index contributed by atoms with van der Waals surface area (Å²) >= 11 is 1.23. The Morgan fingerprint density at radius 1 is 1.31 bits per heavy atom. The van der Waals surface area contributed by atoms with Gasteiger partial charge in [-0.1, -0.05) is 13.8 Å². The molecule has 1 amide bonds. The summed E-state index contributed by atoms with van der Waals surface area (Å²) < 4.78 is 0. The summed E-state index contributed by atoms with van der Waals surface area (Å²) in [5, 5.41) is 21.1. The predicted octanol–water partition coefficient (Wildman–Crippen LogP) is 3.14. The molecule has 8 heteroatoms. The number of aromatic carboxylic acids is 1. The number of rotatable bonds is 5. The van der Waals surface area contributed by atoms with Gasteiger partial charge in [-0.2, -0.15) is 0 Å². The Bertz CT molecular complexity index is 742. The number of amides is 1. The van der Waals surface area contributed by atoms with Crippen LogP contribution in [-0.4, -0.2) is 46.0 Å². The normalized spacial score (nSPS) is 24.2. The van der Waals surface area contributed by atoms with E-state index in [1.807, 2.05) is 0 Å². The Kier molecular flexibility index (Phi) is 5.34. The van der Waals surface area contributed by atoms with Crippen molar-refractivity contribution in [2.75, 3.05) is 18.4 Å². The van der Waals surface area contributed by atoms with E-state index >= 15 is 0 Å².